The molecule has 0 aromatic heterocycles. The Balaban J connectivity index is 2.68. The Morgan fingerprint density at radius 1 is 1.29 bits per heavy atom. The van der Waals surface area contributed by atoms with Crippen LogP contribution in [0.15, 0.2) is 30.3 Å². The highest BCUT2D eigenvalue weighted by Gasteiger charge is 2.27. The molecule has 0 fully saturated rings. The van der Waals surface area contributed by atoms with Crippen molar-refractivity contribution in [2.24, 2.45) is 11.7 Å². The van der Waals surface area contributed by atoms with Crippen molar-refractivity contribution in [1.82, 2.24) is 5.32 Å². The van der Waals surface area contributed by atoms with Gasteiger partial charge in [0.2, 0.25) is 5.91 Å². The van der Waals surface area contributed by atoms with E-state index in [1.54, 1.807) is 13.8 Å². The number of hydrogen-bond acceptors (Lipinski definition) is 4. The number of carbonyl (C=O) groups excluding carboxylic acids is 1. The summed E-state index contributed by atoms with van der Waals surface area (Å²) in [6, 6.07) is 8.32. The fourth-order valence-electron chi connectivity index (χ4n) is 1.91. The number of amides is 1. The molecule has 2 atom stereocenters. The van der Waals surface area contributed by atoms with Crippen molar-refractivity contribution in [2.45, 2.75) is 38.1 Å². The molecule has 1 amide bonds. The van der Waals surface area contributed by atoms with Gasteiger partial charge in [0.15, 0.2) is 5.37 Å². The van der Waals surface area contributed by atoms with Crippen LogP contribution in [0.3, 0.4) is 0 Å². The van der Waals surface area contributed by atoms with Gasteiger partial charge in [-0.3, -0.25) is 9.35 Å². The second-order valence-electron chi connectivity index (χ2n) is 5.44. The van der Waals surface area contributed by atoms with Crippen LogP contribution >= 0.6 is 0 Å². The number of rotatable bonds is 7. The third-order valence-electron chi connectivity index (χ3n) is 2.98. The van der Waals surface area contributed by atoms with Gasteiger partial charge in [0.25, 0.3) is 10.1 Å². The second-order valence-corrected chi connectivity index (χ2v) is 7.04. The van der Waals surface area contributed by atoms with Gasteiger partial charge in [-0.05, 0) is 24.3 Å². The van der Waals surface area contributed by atoms with Crippen molar-refractivity contribution in [1.29, 1.82) is 0 Å². The Morgan fingerprint density at radius 2 is 1.86 bits per heavy atom. The summed E-state index contributed by atoms with van der Waals surface area (Å²) in [7, 11) is -4.35. The first-order valence-electron chi connectivity index (χ1n) is 6.76. The normalized spacial score (nSPS) is 14.7. The number of nitrogens with one attached hydrogen (secondary N) is 1. The summed E-state index contributed by atoms with van der Waals surface area (Å²) in [6.45, 7) is 3.60. The molecule has 21 heavy (non-hydrogen) atoms. The van der Waals surface area contributed by atoms with E-state index in [4.69, 9.17) is 10.3 Å². The van der Waals surface area contributed by atoms with E-state index >= 15 is 0 Å². The topological polar surface area (TPSA) is 109 Å². The van der Waals surface area contributed by atoms with Crippen LogP contribution in [0.1, 0.15) is 25.8 Å². The van der Waals surface area contributed by atoms with Gasteiger partial charge in [-0.25, -0.2) is 0 Å². The van der Waals surface area contributed by atoms with E-state index in [0.717, 1.165) is 5.56 Å². The van der Waals surface area contributed by atoms with E-state index in [9.17, 15) is 13.2 Å². The molecule has 0 radical (unpaired) electrons. The van der Waals surface area contributed by atoms with Gasteiger partial charge in [0, 0.05) is 0 Å². The van der Waals surface area contributed by atoms with Gasteiger partial charge >= 0.3 is 0 Å². The highest BCUT2D eigenvalue weighted by atomic mass is 32.2. The molecule has 118 valence electrons. The fourth-order valence-corrected chi connectivity index (χ4v) is 2.80. The van der Waals surface area contributed by atoms with E-state index in [-0.39, 0.29) is 12.3 Å². The maximum Gasteiger partial charge on any atom is 0.286 e. The largest absolute Gasteiger partial charge is 0.336 e. The summed E-state index contributed by atoms with van der Waals surface area (Å²) >= 11 is 0. The molecule has 0 aliphatic rings. The van der Waals surface area contributed by atoms with E-state index in [0.29, 0.717) is 6.42 Å². The molecule has 1 rings (SSSR count). The molecule has 0 aliphatic heterocycles. The summed E-state index contributed by atoms with van der Waals surface area (Å²) < 4.78 is 31.7. The zero-order valence-electron chi connectivity index (χ0n) is 12.2. The molecule has 0 heterocycles. The van der Waals surface area contributed by atoms with Gasteiger partial charge in [0.1, 0.15) is 0 Å². The van der Waals surface area contributed by atoms with Gasteiger partial charge in [-0.2, -0.15) is 8.42 Å². The third kappa shape index (κ3) is 6.24. The molecule has 4 N–H and O–H groups in total. The molecule has 0 spiro atoms. The van der Waals surface area contributed by atoms with Crippen molar-refractivity contribution in [3.8, 4) is 0 Å². The number of carbonyl (C=O) groups is 1. The monoisotopic (exact) mass is 314 g/mol. The Morgan fingerprint density at radius 3 is 2.33 bits per heavy atom. The summed E-state index contributed by atoms with van der Waals surface area (Å²) in [5.41, 5.74) is 6.66. The van der Waals surface area contributed by atoms with E-state index in [1.807, 2.05) is 30.3 Å². The molecule has 0 bridgehead atoms. The maximum atomic E-state index is 12.0. The predicted molar refractivity (Wildman–Crippen MR) is 81.1 cm³/mol. The Kier molecular flexibility index (Phi) is 6.32. The van der Waals surface area contributed by atoms with Gasteiger partial charge in [-0.15, -0.1) is 0 Å². The van der Waals surface area contributed by atoms with E-state index in [2.05, 4.69) is 5.32 Å². The van der Waals surface area contributed by atoms with Gasteiger partial charge in [-0.1, -0.05) is 44.2 Å². The molecular weight excluding hydrogens is 292 g/mol. The van der Waals surface area contributed by atoms with Crippen molar-refractivity contribution in [2.75, 3.05) is 0 Å². The van der Waals surface area contributed by atoms with Crippen LogP contribution in [0.2, 0.25) is 0 Å². The predicted octanol–water partition coefficient (Wildman–Crippen LogP) is 0.933. The summed E-state index contributed by atoms with van der Waals surface area (Å²) in [6.07, 6.45) is 0.426. The van der Waals surface area contributed by atoms with Crippen LogP contribution in [0.5, 0.6) is 0 Å². The molecule has 0 aliphatic carbocycles. The molecule has 1 unspecified atom stereocenters. The Labute approximate surface area is 125 Å². The minimum absolute atomic E-state index is 0.00238. The number of nitrogens with two attached hydrogens (primary N) is 1. The summed E-state index contributed by atoms with van der Waals surface area (Å²) in [5.74, 6) is -0.593. The Bertz CT molecular complexity index is 558. The molecule has 6 nitrogen and oxygen atoms in total. The standard InChI is InChI=1S/C14H22N2O4S/c1-10(2)8-13(21(18,19)20)16-14(17)12(15)9-11-6-4-3-5-7-11/h3-7,10,12-13H,8-9,15H2,1-2H3,(H,16,17)(H,18,19,20)/t12-,13?/m0/s1. The first-order valence-corrected chi connectivity index (χ1v) is 8.26. The van der Waals surface area contributed by atoms with Crippen molar-refractivity contribution < 1.29 is 17.8 Å². The van der Waals surface area contributed by atoms with Crippen molar-refractivity contribution >= 4 is 16.0 Å². The van der Waals surface area contributed by atoms with Crippen LogP contribution in [-0.4, -0.2) is 30.3 Å². The maximum absolute atomic E-state index is 12.0. The summed E-state index contributed by atoms with van der Waals surface area (Å²) in [4.78, 5) is 12.0. The fraction of sp³-hybridized carbons (Fsp3) is 0.500. The second kappa shape index (κ2) is 7.53. The molecule has 1 aromatic carbocycles. The smallest absolute Gasteiger partial charge is 0.286 e. The highest BCUT2D eigenvalue weighted by Crippen LogP contribution is 2.10. The lowest BCUT2D eigenvalue weighted by atomic mass is 10.1. The molecular formula is C14H22N2O4S. The van der Waals surface area contributed by atoms with Gasteiger partial charge < -0.3 is 11.1 Å². The first kappa shape index (κ1) is 17.6. The zero-order chi connectivity index (χ0) is 16.0. The van der Waals surface area contributed by atoms with Gasteiger partial charge in [0.05, 0.1) is 6.04 Å². The summed E-state index contributed by atoms with van der Waals surface area (Å²) in [5, 5.41) is 0.979. The van der Waals surface area contributed by atoms with Crippen molar-refractivity contribution in [3.05, 3.63) is 35.9 Å². The molecule has 0 saturated heterocycles. The van der Waals surface area contributed by atoms with Crippen LogP contribution < -0.4 is 11.1 Å². The SMILES string of the molecule is CC(C)CC(NC(=O)[C@@H](N)Cc1ccccc1)S(=O)(=O)O. The Hall–Kier alpha value is -1.44. The minimum Gasteiger partial charge on any atom is -0.336 e. The lowest BCUT2D eigenvalue weighted by Gasteiger charge is -2.20. The first-order chi connectivity index (χ1) is 9.70. The van der Waals surface area contributed by atoms with Crippen LogP contribution in [-0.2, 0) is 21.3 Å². The van der Waals surface area contributed by atoms with Crippen LogP contribution in [0.25, 0.3) is 0 Å². The quantitative estimate of drug-likeness (QED) is 0.649. The molecule has 7 heteroatoms. The van der Waals surface area contributed by atoms with Crippen LogP contribution in [0.4, 0.5) is 0 Å². The molecule has 0 saturated carbocycles. The van der Waals surface area contributed by atoms with Crippen LogP contribution in [0, 0.1) is 5.92 Å². The average Bonchev–Trinajstić information content (AvgIpc) is 2.37. The van der Waals surface area contributed by atoms with Crippen molar-refractivity contribution in [3.63, 3.8) is 0 Å². The number of hydrogen-bond donors (Lipinski definition) is 3. The number of benzene rings is 1. The zero-order valence-corrected chi connectivity index (χ0v) is 13.0. The lowest BCUT2D eigenvalue weighted by molar-refractivity contribution is -0.122. The van der Waals surface area contributed by atoms with E-state index in [1.165, 1.54) is 0 Å². The third-order valence-corrected chi connectivity index (χ3v) is 4.01. The van der Waals surface area contributed by atoms with E-state index < -0.39 is 27.4 Å². The lowest BCUT2D eigenvalue weighted by Crippen LogP contribution is -2.49. The average molecular weight is 314 g/mol. The molecule has 1 aromatic rings. The minimum atomic E-state index is -4.35. The highest BCUT2D eigenvalue weighted by molar-refractivity contribution is 7.86.